The van der Waals surface area contributed by atoms with Crippen molar-refractivity contribution in [2.24, 2.45) is 0 Å². The van der Waals surface area contributed by atoms with Gasteiger partial charge in [0.1, 0.15) is 5.75 Å². The lowest BCUT2D eigenvalue weighted by Gasteiger charge is -2.17. The molecule has 0 bridgehead atoms. The summed E-state index contributed by atoms with van der Waals surface area (Å²) in [6.45, 7) is 0.471. The van der Waals surface area contributed by atoms with E-state index in [1.165, 1.54) is 0 Å². The molecular formula is C18H19N3O3. The van der Waals surface area contributed by atoms with Crippen molar-refractivity contribution in [3.8, 4) is 5.75 Å². The second-order valence-electron chi connectivity index (χ2n) is 5.57. The number of anilines is 2. The van der Waals surface area contributed by atoms with Gasteiger partial charge in [-0.25, -0.2) is 4.79 Å². The zero-order valence-corrected chi connectivity index (χ0v) is 13.4. The zero-order chi connectivity index (χ0) is 16.9. The molecule has 2 aromatic rings. The lowest BCUT2D eigenvalue weighted by atomic mass is 10.2. The lowest BCUT2D eigenvalue weighted by Crippen LogP contribution is -2.39. The van der Waals surface area contributed by atoms with Crippen LogP contribution in [-0.2, 0) is 4.79 Å². The molecule has 1 saturated heterocycles. The number of urea groups is 1. The smallest absolute Gasteiger partial charge is 0.319 e. The van der Waals surface area contributed by atoms with Crippen LogP contribution in [0.5, 0.6) is 5.75 Å². The molecule has 3 rings (SSSR count). The highest BCUT2D eigenvalue weighted by Gasteiger charge is 2.31. The molecule has 6 heteroatoms. The van der Waals surface area contributed by atoms with Crippen LogP contribution in [0.2, 0.25) is 0 Å². The molecule has 2 N–H and O–H groups in total. The van der Waals surface area contributed by atoms with Gasteiger partial charge in [0.2, 0.25) is 5.91 Å². The zero-order valence-electron chi connectivity index (χ0n) is 13.4. The van der Waals surface area contributed by atoms with Crippen LogP contribution in [0.3, 0.4) is 0 Å². The molecule has 1 unspecified atom stereocenters. The predicted molar refractivity (Wildman–Crippen MR) is 92.3 cm³/mol. The summed E-state index contributed by atoms with van der Waals surface area (Å²) in [5, 5.41) is 5.60. The van der Waals surface area contributed by atoms with Gasteiger partial charge in [0, 0.05) is 24.3 Å². The number of methoxy groups -OCH3 is 1. The quantitative estimate of drug-likeness (QED) is 0.908. The number of hydrogen-bond donors (Lipinski definition) is 2. The van der Waals surface area contributed by atoms with Gasteiger partial charge in [-0.05, 0) is 36.4 Å². The monoisotopic (exact) mass is 325 g/mol. The van der Waals surface area contributed by atoms with E-state index < -0.39 is 0 Å². The van der Waals surface area contributed by atoms with E-state index in [9.17, 15) is 9.59 Å². The Bertz CT molecular complexity index is 716. The third-order valence-corrected chi connectivity index (χ3v) is 3.88. The molecule has 1 fully saturated rings. The predicted octanol–water partition coefficient (Wildman–Crippen LogP) is 2.62. The Balaban J connectivity index is 1.56. The number of nitrogens with zero attached hydrogens (tertiary/aromatic N) is 1. The molecule has 1 aliphatic rings. The van der Waals surface area contributed by atoms with Crippen LogP contribution >= 0.6 is 0 Å². The average molecular weight is 325 g/mol. The van der Waals surface area contributed by atoms with E-state index in [2.05, 4.69) is 10.6 Å². The van der Waals surface area contributed by atoms with Crippen LogP contribution in [-0.4, -0.2) is 31.6 Å². The van der Waals surface area contributed by atoms with Crippen molar-refractivity contribution < 1.29 is 14.3 Å². The number of rotatable bonds is 4. The summed E-state index contributed by atoms with van der Waals surface area (Å²) in [5.74, 6) is 0.733. The maximum atomic E-state index is 12.1. The summed E-state index contributed by atoms with van der Waals surface area (Å²) in [5.41, 5.74) is 1.51. The molecule has 1 aliphatic heterocycles. The Kier molecular flexibility index (Phi) is 4.65. The van der Waals surface area contributed by atoms with Gasteiger partial charge in [-0.15, -0.1) is 0 Å². The maximum Gasteiger partial charge on any atom is 0.319 e. The first-order valence-electron chi connectivity index (χ1n) is 7.72. The molecule has 0 aliphatic carbocycles. The summed E-state index contributed by atoms with van der Waals surface area (Å²) >= 11 is 0. The fourth-order valence-corrected chi connectivity index (χ4v) is 2.69. The van der Waals surface area contributed by atoms with E-state index in [1.54, 1.807) is 36.3 Å². The summed E-state index contributed by atoms with van der Waals surface area (Å²) in [6.07, 6.45) is 0.297. The van der Waals surface area contributed by atoms with E-state index in [-0.39, 0.29) is 18.0 Å². The van der Waals surface area contributed by atoms with Crippen LogP contribution in [0, 0.1) is 0 Å². The number of nitrogens with one attached hydrogen (secondary N) is 2. The van der Waals surface area contributed by atoms with Gasteiger partial charge in [0.05, 0.1) is 13.2 Å². The van der Waals surface area contributed by atoms with Gasteiger partial charge in [0.25, 0.3) is 0 Å². The highest BCUT2D eigenvalue weighted by molar-refractivity contribution is 5.97. The SMILES string of the molecule is COc1ccc(NC(=O)NC2CC(=O)N(c3ccccc3)C2)cc1. The third kappa shape index (κ3) is 3.65. The van der Waals surface area contributed by atoms with Crippen molar-refractivity contribution >= 4 is 23.3 Å². The first-order valence-corrected chi connectivity index (χ1v) is 7.72. The normalized spacial score (nSPS) is 16.8. The third-order valence-electron chi connectivity index (χ3n) is 3.88. The first kappa shape index (κ1) is 15.9. The van der Waals surface area contributed by atoms with Gasteiger partial charge >= 0.3 is 6.03 Å². The van der Waals surface area contributed by atoms with E-state index in [0.29, 0.717) is 18.7 Å². The number of ether oxygens (including phenoxy) is 1. The van der Waals surface area contributed by atoms with Crippen molar-refractivity contribution in [3.63, 3.8) is 0 Å². The molecule has 3 amide bonds. The van der Waals surface area contributed by atoms with Crippen LogP contribution < -0.4 is 20.3 Å². The minimum atomic E-state index is -0.326. The highest BCUT2D eigenvalue weighted by atomic mass is 16.5. The molecular weight excluding hydrogens is 306 g/mol. The van der Waals surface area contributed by atoms with E-state index in [1.807, 2.05) is 30.3 Å². The molecule has 124 valence electrons. The number of amides is 3. The molecule has 1 atom stereocenters. The summed E-state index contributed by atoms with van der Waals surface area (Å²) < 4.78 is 5.08. The summed E-state index contributed by atoms with van der Waals surface area (Å²) in [6, 6.07) is 16.0. The number of para-hydroxylation sites is 1. The summed E-state index contributed by atoms with van der Waals surface area (Å²) in [4.78, 5) is 25.9. The second kappa shape index (κ2) is 7.04. The van der Waals surface area contributed by atoms with Gasteiger partial charge < -0.3 is 20.3 Å². The van der Waals surface area contributed by atoms with Crippen LogP contribution in [0.25, 0.3) is 0 Å². The highest BCUT2D eigenvalue weighted by Crippen LogP contribution is 2.21. The largest absolute Gasteiger partial charge is 0.497 e. The van der Waals surface area contributed by atoms with Gasteiger partial charge in [0.15, 0.2) is 0 Å². The van der Waals surface area contributed by atoms with Crippen LogP contribution in [0.1, 0.15) is 6.42 Å². The van der Waals surface area contributed by atoms with Crippen molar-refractivity contribution in [2.75, 3.05) is 23.9 Å². The topological polar surface area (TPSA) is 70.7 Å². The second-order valence-corrected chi connectivity index (χ2v) is 5.57. The molecule has 24 heavy (non-hydrogen) atoms. The number of carbonyl (C=O) groups excluding carboxylic acids is 2. The van der Waals surface area contributed by atoms with Gasteiger partial charge in [-0.2, -0.15) is 0 Å². The lowest BCUT2D eigenvalue weighted by molar-refractivity contribution is -0.117. The van der Waals surface area contributed by atoms with E-state index >= 15 is 0 Å². The van der Waals surface area contributed by atoms with Crippen molar-refractivity contribution in [3.05, 3.63) is 54.6 Å². The first-order chi connectivity index (χ1) is 11.7. The maximum absolute atomic E-state index is 12.1. The van der Waals surface area contributed by atoms with Gasteiger partial charge in [-0.1, -0.05) is 18.2 Å². The fraction of sp³-hybridized carbons (Fsp3) is 0.222. The van der Waals surface area contributed by atoms with Crippen LogP contribution in [0.15, 0.2) is 54.6 Å². The van der Waals surface area contributed by atoms with E-state index in [4.69, 9.17) is 4.74 Å². The minimum absolute atomic E-state index is 0.0101. The molecule has 2 aromatic carbocycles. The molecule has 0 spiro atoms. The number of carbonyl (C=O) groups is 2. The Morgan fingerprint density at radius 1 is 1.12 bits per heavy atom. The van der Waals surface area contributed by atoms with Crippen LogP contribution in [0.4, 0.5) is 16.2 Å². The van der Waals surface area contributed by atoms with Crippen molar-refractivity contribution in [2.45, 2.75) is 12.5 Å². The Morgan fingerprint density at radius 2 is 1.83 bits per heavy atom. The standard InChI is InChI=1S/C18H19N3O3/c1-24-16-9-7-13(8-10-16)19-18(23)20-14-11-17(22)21(12-14)15-5-3-2-4-6-15/h2-10,14H,11-12H2,1H3,(H2,19,20,23). The number of hydrogen-bond acceptors (Lipinski definition) is 3. The Morgan fingerprint density at radius 3 is 2.50 bits per heavy atom. The molecule has 0 radical (unpaired) electrons. The molecule has 6 nitrogen and oxygen atoms in total. The fourth-order valence-electron chi connectivity index (χ4n) is 2.69. The Hall–Kier alpha value is -3.02. The summed E-state index contributed by atoms with van der Waals surface area (Å²) in [7, 11) is 1.59. The average Bonchev–Trinajstić information content (AvgIpc) is 2.96. The minimum Gasteiger partial charge on any atom is -0.497 e. The molecule has 0 aromatic heterocycles. The Labute approximate surface area is 140 Å². The van der Waals surface area contributed by atoms with Gasteiger partial charge in [-0.3, -0.25) is 4.79 Å². The molecule has 0 saturated carbocycles. The van der Waals surface area contributed by atoms with Crippen molar-refractivity contribution in [1.82, 2.24) is 5.32 Å². The number of benzene rings is 2. The van der Waals surface area contributed by atoms with E-state index in [0.717, 1.165) is 11.4 Å². The van der Waals surface area contributed by atoms with Crippen molar-refractivity contribution in [1.29, 1.82) is 0 Å². The molecule has 1 heterocycles.